The Bertz CT molecular complexity index is 893. The SMILES string of the molecule is Cc1occc1-c1nnc(Sc2ncc([N+](=O)[O-])cc2Br)n1N. The number of nitro groups is 1. The largest absolute Gasteiger partial charge is 0.469 e. The molecule has 23 heavy (non-hydrogen) atoms. The number of aryl methyl sites for hydroxylation is 1. The summed E-state index contributed by atoms with van der Waals surface area (Å²) in [5.74, 6) is 7.15. The van der Waals surface area contributed by atoms with Gasteiger partial charge in [-0.3, -0.25) is 10.1 Å². The molecule has 3 aromatic heterocycles. The lowest BCUT2D eigenvalue weighted by Gasteiger charge is -2.04. The zero-order valence-electron chi connectivity index (χ0n) is 11.6. The van der Waals surface area contributed by atoms with Crippen molar-refractivity contribution in [2.24, 2.45) is 0 Å². The van der Waals surface area contributed by atoms with Crippen molar-refractivity contribution in [2.45, 2.75) is 17.1 Å². The second kappa shape index (κ2) is 6.01. The number of halogens is 1. The Hall–Kier alpha value is -2.40. The second-order valence-corrected chi connectivity index (χ2v) is 6.22. The first-order valence-corrected chi connectivity index (χ1v) is 7.81. The second-order valence-electron chi connectivity index (χ2n) is 4.41. The summed E-state index contributed by atoms with van der Waals surface area (Å²) in [6, 6.07) is 3.12. The van der Waals surface area contributed by atoms with Crippen LogP contribution in [0.15, 0.2) is 43.7 Å². The molecule has 0 fully saturated rings. The van der Waals surface area contributed by atoms with E-state index >= 15 is 0 Å². The monoisotopic (exact) mass is 396 g/mol. The molecule has 0 unspecified atom stereocenters. The minimum Gasteiger partial charge on any atom is -0.469 e. The maximum atomic E-state index is 10.7. The number of furan rings is 1. The lowest BCUT2D eigenvalue weighted by Crippen LogP contribution is -2.11. The average Bonchev–Trinajstić information content (AvgIpc) is 3.07. The van der Waals surface area contributed by atoms with E-state index in [2.05, 4.69) is 31.1 Å². The van der Waals surface area contributed by atoms with Gasteiger partial charge in [-0.2, -0.15) is 0 Å². The molecule has 118 valence electrons. The number of aromatic nitrogens is 4. The molecule has 9 nitrogen and oxygen atoms in total. The molecule has 0 bridgehead atoms. The number of pyridine rings is 1. The molecular weight excluding hydrogens is 388 g/mol. The molecule has 0 radical (unpaired) electrons. The number of rotatable bonds is 4. The minimum atomic E-state index is -0.516. The van der Waals surface area contributed by atoms with Gasteiger partial charge in [-0.1, -0.05) is 0 Å². The van der Waals surface area contributed by atoms with Gasteiger partial charge >= 0.3 is 0 Å². The summed E-state index contributed by atoms with van der Waals surface area (Å²) in [5, 5.41) is 19.7. The Balaban J connectivity index is 1.91. The van der Waals surface area contributed by atoms with Crippen LogP contribution in [0.4, 0.5) is 5.69 Å². The maximum Gasteiger partial charge on any atom is 0.288 e. The van der Waals surface area contributed by atoms with E-state index in [9.17, 15) is 10.1 Å². The number of nitrogens with two attached hydrogens (primary N) is 1. The predicted molar refractivity (Wildman–Crippen MR) is 85.3 cm³/mol. The standard InChI is InChI=1S/C12H9BrN6O3S/c1-6-8(2-3-22-6)10-16-17-12(18(10)14)23-11-9(13)4-7(5-15-11)19(20)21/h2-5H,14H2,1H3. The van der Waals surface area contributed by atoms with Gasteiger partial charge < -0.3 is 10.3 Å². The lowest BCUT2D eigenvalue weighted by atomic mass is 10.2. The molecular formula is C12H9BrN6O3S. The summed E-state index contributed by atoms with van der Waals surface area (Å²) in [5.41, 5.74) is 0.632. The Morgan fingerprint density at radius 3 is 2.87 bits per heavy atom. The maximum absolute atomic E-state index is 10.7. The van der Waals surface area contributed by atoms with Gasteiger partial charge in [-0.25, -0.2) is 9.66 Å². The van der Waals surface area contributed by atoms with E-state index in [1.54, 1.807) is 19.3 Å². The van der Waals surface area contributed by atoms with Gasteiger partial charge in [-0.05, 0) is 40.7 Å². The molecule has 11 heteroatoms. The molecule has 0 aliphatic carbocycles. The summed E-state index contributed by atoms with van der Waals surface area (Å²) >= 11 is 4.39. The highest BCUT2D eigenvalue weighted by Crippen LogP contribution is 2.33. The molecule has 3 heterocycles. The van der Waals surface area contributed by atoms with Crippen molar-refractivity contribution < 1.29 is 9.34 Å². The smallest absolute Gasteiger partial charge is 0.288 e. The fraction of sp³-hybridized carbons (Fsp3) is 0.0833. The Labute approximate surface area is 142 Å². The van der Waals surface area contributed by atoms with Crippen molar-refractivity contribution >= 4 is 33.4 Å². The van der Waals surface area contributed by atoms with Crippen molar-refractivity contribution in [2.75, 3.05) is 5.84 Å². The van der Waals surface area contributed by atoms with Crippen LogP contribution in [0.5, 0.6) is 0 Å². The van der Waals surface area contributed by atoms with E-state index in [1.807, 2.05) is 0 Å². The van der Waals surface area contributed by atoms with Crippen molar-refractivity contribution in [1.82, 2.24) is 19.9 Å². The first-order chi connectivity index (χ1) is 11.0. The van der Waals surface area contributed by atoms with Crippen molar-refractivity contribution in [3.8, 4) is 11.4 Å². The normalized spacial score (nSPS) is 10.9. The summed E-state index contributed by atoms with van der Waals surface area (Å²) in [7, 11) is 0. The van der Waals surface area contributed by atoms with Crippen LogP contribution in [0.1, 0.15) is 5.76 Å². The predicted octanol–water partition coefficient (Wildman–Crippen LogP) is 2.78. The molecule has 0 atom stereocenters. The molecule has 0 aliphatic heterocycles. The van der Waals surface area contributed by atoms with E-state index in [4.69, 9.17) is 10.3 Å². The highest BCUT2D eigenvalue weighted by atomic mass is 79.9. The van der Waals surface area contributed by atoms with Gasteiger partial charge in [0.2, 0.25) is 5.16 Å². The average molecular weight is 397 g/mol. The summed E-state index contributed by atoms with van der Waals surface area (Å²) in [6.07, 6.45) is 2.71. The highest BCUT2D eigenvalue weighted by Gasteiger charge is 2.18. The van der Waals surface area contributed by atoms with Gasteiger partial charge in [0.1, 0.15) is 17.0 Å². The number of nitrogens with zero attached hydrogens (tertiary/aromatic N) is 5. The van der Waals surface area contributed by atoms with Crippen LogP contribution in [-0.2, 0) is 0 Å². The number of hydrogen-bond acceptors (Lipinski definition) is 8. The molecule has 3 rings (SSSR count). The lowest BCUT2D eigenvalue weighted by molar-refractivity contribution is -0.385. The zero-order valence-corrected chi connectivity index (χ0v) is 14.0. The molecule has 0 aliphatic rings. The van der Waals surface area contributed by atoms with Crippen molar-refractivity contribution in [1.29, 1.82) is 0 Å². The highest BCUT2D eigenvalue weighted by molar-refractivity contribution is 9.10. The molecule has 0 spiro atoms. The van der Waals surface area contributed by atoms with Gasteiger partial charge in [0.15, 0.2) is 5.82 Å². The first-order valence-electron chi connectivity index (χ1n) is 6.20. The minimum absolute atomic E-state index is 0.106. The molecule has 0 saturated carbocycles. The summed E-state index contributed by atoms with van der Waals surface area (Å²) < 4.78 is 7.02. The fourth-order valence-electron chi connectivity index (χ4n) is 1.82. The van der Waals surface area contributed by atoms with Crippen LogP contribution in [0.2, 0.25) is 0 Å². The molecule has 0 amide bonds. The van der Waals surface area contributed by atoms with Gasteiger partial charge in [0.05, 0.1) is 21.2 Å². The van der Waals surface area contributed by atoms with E-state index in [1.165, 1.54) is 16.9 Å². The third-order valence-electron chi connectivity index (χ3n) is 2.96. The molecule has 3 aromatic rings. The van der Waals surface area contributed by atoms with Crippen LogP contribution in [-0.4, -0.2) is 24.8 Å². The molecule has 0 aromatic carbocycles. The van der Waals surface area contributed by atoms with E-state index in [0.717, 1.165) is 17.3 Å². The van der Waals surface area contributed by atoms with Gasteiger partial charge in [0.25, 0.3) is 5.69 Å². The van der Waals surface area contributed by atoms with E-state index in [-0.39, 0.29) is 5.69 Å². The number of hydrogen-bond donors (Lipinski definition) is 1. The number of nitrogen functional groups attached to an aromatic ring is 1. The summed E-state index contributed by atoms with van der Waals surface area (Å²) in [6.45, 7) is 1.80. The zero-order chi connectivity index (χ0) is 16.6. The van der Waals surface area contributed by atoms with Crippen LogP contribution in [0, 0.1) is 17.0 Å². The first kappa shape index (κ1) is 15.5. The van der Waals surface area contributed by atoms with E-state index in [0.29, 0.717) is 26.2 Å². The third-order valence-corrected chi connectivity index (χ3v) is 4.80. The van der Waals surface area contributed by atoms with Crippen LogP contribution >= 0.6 is 27.7 Å². The van der Waals surface area contributed by atoms with E-state index < -0.39 is 4.92 Å². The van der Waals surface area contributed by atoms with Gasteiger partial charge in [-0.15, -0.1) is 10.2 Å². The van der Waals surface area contributed by atoms with Crippen molar-refractivity contribution in [3.63, 3.8) is 0 Å². The quantitative estimate of drug-likeness (QED) is 0.405. The van der Waals surface area contributed by atoms with Crippen molar-refractivity contribution in [3.05, 3.63) is 44.9 Å². The fourth-order valence-corrected chi connectivity index (χ4v) is 3.10. The topological polar surface area (TPSA) is 126 Å². The van der Waals surface area contributed by atoms with Gasteiger partial charge in [0, 0.05) is 6.07 Å². The third kappa shape index (κ3) is 2.92. The Morgan fingerprint density at radius 2 is 2.26 bits per heavy atom. The summed E-state index contributed by atoms with van der Waals surface area (Å²) in [4.78, 5) is 14.3. The van der Waals surface area contributed by atoms with Crippen LogP contribution in [0.25, 0.3) is 11.4 Å². The Morgan fingerprint density at radius 1 is 1.48 bits per heavy atom. The molecule has 2 N–H and O–H groups in total. The molecule has 0 saturated heterocycles. The van der Waals surface area contributed by atoms with Crippen LogP contribution in [0.3, 0.4) is 0 Å². The Kier molecular flexibility index (Phi) is 4.05. The van der Waals surface area contributed by atoms with Crippen LogP contribution < -0.4 is 5.84 Å².